The number of anilines is 3. The number of nitrogens with one attached hydrogen (secondary N) is 1. The van der Waals surface area contributed by atoms with Gasteiger partial charge in [-0.3, -0.25) is 14.5 Å². The Morgan fingerprint density at radius 1 is 1.13 bits per heavy atom. The number of carbonyl (C=O) groups is 4. The van der Waals surface area contributed by atoms with Crippen LogP contribution in [0, 0.1) is 0 Å². The zero-order chi connectivity index (χ0) is 33.5. The third-order valence-corrected chi connectivity index (χ3v) is 9.01. The van der Waals surface area contributed by atoms with Gasteiger partial charge in [0.2, 0.25) is 6.10 Å². The molecule has 18 nitrogen and oxygen atoms in total. The van der Waals surface area contributed by atoms with E-state index < -0.39 is 63.7 Å². The summed E-state index contributed by atoms with van der Waals surface area (Å²) < 4.78 is 0. The van der Waals surface area contributed by atoms with Crippen molar-refractivity contribution in [1.29, 1.82) is 0 Å². The number of aromatic nitrogens is 3. The molecule has 2 aliphatic rings. The summed E-state index contributed by atoms with van der Waals surface area (Å²) in [5.74, 6) is -6.42. The first-order chi connectivity index (χ1) is 21.8. The summed E-state index contributed by atoms with van der Waals surface area (Å²) in [7, 11) is 0. The molecule has 5 rings (SSSR count). The number of hydrogen-bond donors (Lipinski definition) is 8. The Balaban J connectivity index is 1.48. The Morgan fingerprint density at radius 2 is 1.83 bits per heavy atom. The molecule has 0 saturated carbocycles. The molecule has 4 heterocycles. The van der Waals surface area contributed by atoms with E-state index in [1.807, 2.05) is 0 Å². The maximum atomic E-state index is 13.7. The average Bonchev–Trinajstić information content (AvgIpc) is 3.43. The second-order valence-electron chi connectivity index (χ2n) is 9.54. The molecule has 2 amide bonds. The van der Waals surface area contributed by atoms with E-state index in [1.54, 1.807) is 0 Å². The maximum absolute atomic E-state index is 13.7. The number of rotatable bonds is 10. The highest BCUT2D eigenvalue weighted by atomic mass is 32.2. The van der Waals surface area contributed by atoms with E-state index in [1.165, 1.54) is 11.4 Å². The Morgan fingerprint density at radius 3 is 2.39 bits per heavy atom. The number of fused-ring (bicyclic) bond motifs is 1. The minimum absolute atomic E-state index is 0.0141. The number of oxime groups is 1. The van der Waals surface area contributed by atoms with Crippen LogP contribution in [0.4, 0.5) is 16.8 Å². The lowest BCUT2D eigenvalue weighted by Crippen LogP contribution is -2.80. The van der Waals surface area contributed by atoms with Crippen molar-refractivity contribution in [2.24, 2.45) is 5.16 Å². The van der Waals surface area contributed by atoms with E-state index in [0.29, 0.717) is 0 Å². The van der Waals surface area contributed by atoms with E-state index in [0.717, 1.165) is 51.6 Å². The molecule has 3 aromatic rings. The number of nitrogens with two attached hydrogens (primary N) is 3. The van der Waals surface area contributed by atoms with Crippen LogP contribution in [0.3, 0.4) is 0 Å². The number of amides is 2. The smallest absolute Gasteiger partial charge is 0.353 e. The van der Waals surface area contributed by atoms with Crippen LogP contribution >= 0.6 is 35.3 Å². The molecular formula is C25H21N9O9S3. The quantitative estimate of drug-likeness (QED) is 0.0454. The molecule has 0 bridgehead atoms. The number of β-lactam (4-membered cyclic amide) rings is 1. The molecule has 2 aliphatic heterocycles. The van der Waals surface area contributed by atoms with E-state index in [4.69, 9.17) is 34.3 Å². The zero-order valence-corrected chi connectivity index (χ0v) is 25.3. The number of carbonyl (C=O) groups excluding carboxylic acids is 2. The number of aromatic hydroxyl groups is 2. The number of thiocarbonyl (C=S) groups is 1. The Kier molecular flexibility index (Phi) is 8.38. The summed E-state index contributed by atoms with van der Waals surface area (Å²) in [6.45, 7) is 0. The third kappa shape index (κ3) is 5.57. The monoisotopic (exact) mass is 687 g/mol. The molecule has 2 unspecified atom stereocenters. The SMILES string of the molecule is Nc1cc(N)nc(C2=C(C(=O)O)N3C(=O)C(C=S)(NC(=O)/C(=N\OC(C(=O)O)c4ccc(O)c(O)c4)c4csc(N)n4)[C@@H]3SC2)n1. The highest BCUT2D eigenvalue weighted by Gasteiger charge is 2.65. The number of aliphatic carboxylic acids is 2. The molecule has 0 radical (unpaired) electrons. The van der Waals surface area contributed by atoms with Gasteiger partial charge in [-0.25, -0.2) is 24.5 Å². The van der Waals surface area contributed by atoms with Gasteiger partial charge in [-0.15, -0.1) is 23.1 Å². The van der Waals surface area contributed by atoms with Crippen LogP contribution in [-0.2, 0) is 24.0 Å². The second kappa shape index (κ2) is 12.1. The van der Waals surface area contributed by atoms with Crippen LogP contribution in [0.5, 0.6) is 11.5 Å². The van der Waals surface area contributed by atoms with Crippen molar-refractivity contribution in [3.05, 3.63) is 52.4 Å². The van der Waals surface area contributed by atoms with Gasteiger partial charge in [0.25, 0.3) is 11.8 Å². The number of phenolic OH excluding ortho intramolecular Hbond substituents is 2. The molecule has 238 valence electrons. The number of hydrogen-bond acceptors (Lipinski definition) is 17. The number of thioether (sulfide) groups is 1. The summed E-state index contributed by atoms with van der Waals surface area (Å²) in [5, 5.41) is 46.6. The van der Waals surface area contributed by atoms with Crippen molar-refractivity contribution in [2.75, 3.05) is 23.0 Å². The first-order valence-electron chi connectivity index (χ1n) is 12.6. The van der Waals surface area contributed by atoms with Crippen LogP contribution in [0.15, 0.2) is 40.5 Å². The molecule has 2 aromatic heterocycles. The Labute approximate surface area is 270 Å². The second-order valence-corrected chi connectivity index (χ2v) is 11.7. The van der Waals surface area contributed by atoms with Gasteiger partial charge in [0.15, 0.2) is 33.7 Å². The van der Waals surface area contributed by atoms with Crippen molar-refractivity contribution >= 4 is 92.5 Å². The van der Waals surface area contributed by atoms with Gasteiger partial charge in [0.1, 0.15) is 28.4 Å². The van der Waals surface area contributed by atoms with Gasteiger partial charge in [-0.1, -0.05) is 23.4 Å². The van der Waals surface area contributed by atoms with Crippen LogP contribution < -0.4 is 22.5 Å². The summed E-state index contributed by atoms with van der Waals surface area (Å²) >= 11 is 7.11. The molecule has 0 spiro atoms. The van der Waals surface area contributed by atoms with Gasteiger partial charge in [-0.2, -0.15) is 0 Å². The number of thiazole rings is 1. The fraction of sp³-hybridized carbons (Fsp3) is 0.160. The topological polar surface area (TPSA) is 303 Å². The first-order valence-corrected chi connectivity index (χ1v) is 15.0. The number of nitrogens with zero attached hydrogens (tertiary/aromatic N) is 5. The standard InChI is InChI=1S/C25H21N9O9S3/c26-13-4-14(27)31-18(30-13)9-5-45-23-25(7-44,22(42)34(23)16(9)20(38)39)32-19(37)15(10-6-46-24(28)29-10)33-43-17(21(40)41)8-1-2-11(35)12(36)3-8/h1-4,6-7,17,23,35-36H,5H2,(H2,28,29)(H,32,37)(H,38,39)(H,40,41)(H4,26,27,30,31)/b33-15-/t17?,23-,25?/m0/s1. The highest BCUT2D eigenvalue weighted by molar-refractivity contribution is 8.00. The van der Waals surface area contributed by atoms with E-state index in [2.05, 4.69) is 25.4 Å². The molecule has 3 atom stereocenters. The van der Waals surface area contributed by atoms with E-state index in [-0.39, 0.29) is 45.2 Å². The van der Waals surface area contributed by atoms with Gasteiger partial charge in [0.05, 0.1) is 0 Å². The fourth-order valence-electron chi connectivity index (χ4n) is 4.53. The van der Waals surface area contributed by atoms with Crippen molar-refractivity contribution in [3.8, 4) is 11.5 Å². The molecule has 1 aromatic carbocycles. The molecule has 1 saturated heterocycles. The molecule has 46 heavy (non-hydrogen) atoms. The van der Waals surface area contributed by atoms with Gasteiger partial charge in [-0.05, 0) is 12.1 Å². The summed E-state index contributed by atoms with van der Waals surface area (Å²) in [4.78, 5) is 69.9. The van der Waals surface area contributed by atoms with Crippen molar-refractivity contribution in [2.45, 2.75) is 17.0 Å². The number of benzene rings is 1. The van der Waals surface area contributed by atoms with E-state index in [9.17, 15) is 39.6 Å². The first kappa shape index (κ1) is 31.9. The highest BCUT2D eigenvalue weighted by Crippen LogP contribution is 2.47. The van der Waals surface area contributed by atoms with Gasteiger partial charge < -0.3 is 47.8 Å². The molecule has 0 aliphatic carbocycles. The number of nitrogen functional groups attached to an aromatic ring is 3. The molecule has 1 fully saturated rings. The number of carboxylic acid groups (broad SMARTS) is 2. The van der Waals surface area contributed by atoms with E-state index >= 15 is 0 Å². The van der Waals surface area contributed by atoms with Crippen molar-refractivity contribution in [3.63, 3.8) is 0 Å². The van der Waals surface area contributed by atoms with Crippen LogP contribution in [-0.4, -0.2) is 91.8 Å². The Hall–Kier alpha value is -5.54. The predicted octanol–water partition coefficient (Wildman–Crippen LogP) is -0.0968. The van der Waals surface area contributed by atoms with Crippen LogP contribution in [0.2, 0.25) is 0 Å². The number of carboxylic acids is 2. The average molecular weight is 688 g/mol. The lowest BCUT2D eigenvalue weighted by molar-refractivity contribution is -0.153. The maximum Gasteiger partial charge on any atom is 0.353 e. The lowest BCUT2D eigenvalue weighted by atomic mass is 9.87. The molecule has 21 heteroatoms. The normalized spacial score (nSPS) is 19.9. The lowest BCUT2D eigenvalue weighted by Gasteiger charge is -2.55. The minimum atomic E-state index is -1.93. The predicted molar refractivity (Wildman–Crippen MR) is 167 cm³/mol. The summed E-state index contributed by atoms with van der Waals surface area (Å²) in [6, 6.07) is 4.38. The summed E-state index contributed by atoms with van der Waals surface area (Å²) in [6.07, 6.45) is -1.87. The van der Waals surface area contributed by atoms with Crippen molar-refractivity contribution < 1.29 is 44.4 Å². The van der Waals surface area contributed by atoms with Gasteiger partial charge >= 0.3 is 11.9 Å². The van der Waals surface area contributed by atoms with Crippen LogP contribution in [0.1, 0.15) is 23.2 Å². The third-order valence-electron chi connectivity index (χ3n) is 6.61. The molecular weight excluding hydrogens is 667 g/mol. The van der Waals surface area contributed by atoms with Crippen LogP contribution in [0.25, 0.3) is 5.57 Å². The summed E-state index contributed by atoms with van der Waals surface area (Å²) in [5.41, 5.74) is 14.0. The van der Waals surface area contributed by atoms with Gasteiger partial charge in [0, 0.05) is 33.7 Å². The minimum Gasteiger partial charge on any atom is -0.504 e. The van der Waals surface area contributed by atoms with Crippen molar-refractivity contribution in [1.82, 2.24) is 25.2 Å². The zero-order valence-electron chi connectivity index (χ0n) is 22.8. The Bertz CT molecular complexity index is 1860. The number of phenols is 2. The molecule has 11 N–H and O–H groups in total. The largest absolute Gasteiger partial charge is 0.504 e. The fourth-order valence-corrected chi connectivity index (χ4v) is 6.89.